The first-order chi connectivity index (χ1) is 47.7. The summed E-state index contributed by atoms with van der Waals surface area (Å²) in [5, 5.41) is 24.6. The normalized spacial score (nSPS) is 30.1. The molecule has 15 atom stereocenters. The van der Waals surface area contributed by atoms with E-state index in [0.717, 1.165) is 24.0 Å². The molecule has 102 heavy (non-hydrogen) atoms. The van der Waals surface area contributed by atoms with Crippen molar-refractivity contribution in [2.24, 2.45) is 99.8 Å². The number of amides is 8. The molecule has 17 N–H and O–H groups in total. The van der Waals surface area contributed by atoms with E-state index in [2.05, 4.69) is 31.0 Å². The van der Waals surface area contributed by atoms with Crippen LogP contribution in [0, 0.1) is 59.2 Å². The van der Waals surface area contributed by atoms with E-state index in [0.29, 0.717) is 75.8 Å². The SMILES string of the molecule is CC1=C2N=C(C=C3N/C(=C(/C)C4=N[C@@](C)([C@@H]5N=C1[C@](C)(CCC(=O)NC[C@@H](C)OP(=O)(O)O[C@H]1[C@@H](O)[C@@H](n6cnc7cc(C)c(C)cc76)O[C@@H]1COC(=O)NCCCCCCN=[N+]=[N-])[C@H]5CC(N)=O)[C@@](C)(CC(N)=O)[C@@H]4CCC(N)=O)[C@@](C)(CC(N)=O)[C@@H]3CCC(N)=O)C(C)(C)[C@@H]2CCC(N)=O. The minimum absolute atomic E-state index is 0.0401. The van der Waals surface area contributed by atoms with Gasteiger partial charge in [0.2, 0.25) is 41.4 Å². The van der Waals surface area contributed by atoms with Crippen LogP contribution in [0.4, 0.5) is 4.79 Å². The molecular weight excluding hydrogens is 1340 g/mol. The van der Waals surface area contributed by atoms with E-state index < -0.39 is 149 Å². The molecule has 0 spiro atoms. The van der Waals surface area contributed by atoms with Gasteiger partial charge >= 0.3 is 13.9 Å². The predicted octanol–water partition coefficient (Wildman–Crippen LogP) is 5.77. The van der Waals surface area contributed by atoms with E-state index in [-0.39, 0.29) is 83.7 Å². The number of hydrogen-bond acceptors (Lipinski definition) is 20. The zero-order valence-electron chi connectivity index (χ0n) is 60.2. The lowest BCUT2D eigenvalue weighted by Gasteiger charge is -2.48. The maximum Gasteiger partial charge on any atom is 0.472 e. The molecule has 1 aromatic heterocycles. The fourth-order valence-corrected chi connectivity index (χ4v) is 17.7. The highest BCUT2D eigenvalue weighted by Crippen LogP contribution is 2.63. The number of aliphatic hydroxyl groups is 1. The molecule has 7 heterocycles. The molecule has 0 saturated carbocycles. The number of fused-ring (bicyclic) bond motifs is 7. The largest absolute Gasteiger partial charge is 0.472 e. The van der Waals surface area contributed by atoms with Crippen LogP contribution < -0.4 is 50.4 Å². The van der Waals surface area contributed by atoms with Crippen molar-refractivity contribution in [1.82, 2.24) is 25.5 Å². The Hall–Kier alpha value is -8.38. The molecule has 32 nitrogen and oxygen atoms in total. The highest BCUT2D eigenvalue weighted by Gasteiger charge is 2.66. The molecule has 0 radical (unpaired) electrons. The number of hydrogen-bond donors (Lipinski definition) is 11. The van der Waals surface area contributed by atoms with Gasteiger partial charge in [-0.2, -0.15) is 0 Å². The Morgan fingerprint density at radius 3 is 2.06 bits per heavy atom. The van der Waals surface area contributed by atoms with Gasteiger partial charge in [-0.3, -0.25) is 57.6 Å². The van der Waals surface area contributed by atoms with Crippen LogP contribution in [0.5, 0.6) is 0 Å². The second-order valence-corrected chi connectivity index (χ2v) is 31.2. The fraction of sp³-hybridized carbons (Fsp3) is 0.652. The lowest BCUT2D eigenvalue weighted by atomic mass is 9.55. The Kier molecular flexibility index (Phi) is 24.6. The van der Waals surface area contributed by atoms with Crippen LogP contribution in [0.1, 0.15) is 176 Å². The first-order valence-corrected chi connectivity index (χ1v) is 36.3. The highest BCUT2D eigenvalue weighted by molar-refractivity contribution is 7.47. The summed E-state index contributed by atoms with van der Waals surface area (Å²) in [7, 11) is -5.21. The van der Waals surface area contributed by atoms with Gasteiger partial charge in [-0.05, 0) is 126 Å². The number of nitrogens with two attached hydrogens (primary N) is 6. The molecule has 6 aliphatic heterocycles. The molecule has 8 rings (SSSR count). The number of nitrogens with zero attached hydrogens (tertiary/aromatic N) is 8. The second-order valence-electron chi connectivity index (χ2n) is 29.8. The minimum atomic E-state index is -5.21. The molecule has 1 aromatic carbocycles. The standard InChI is InChI=1S/C69H102N17O15P/c1-35-26-45-46(27-36(35)2)86(34-79-45)63-58(94)59(47(99-63)33-98-64(95)77-24-14-12-13-15-25-80-85-76)101-102(96,97)100-37(3)32-78-55(93)22-23-66(8)43(28-52(73)90)62-69(11)68(10,31-54(75)92)42(18-21-51(72)89)57(84-69)39(5)61-67(9,30-53(74)91)40(16-19-49(70)87)44(81-61)29-48-65(6,7)41(17-20-50(71)88)56(82-48)38(4)60(66)83-62/h26-27,29,34,37,40-43,47,58-59,62-63,81,94H,12-25,28,30-33H2,1-11H3,(H2,70,87)(H2,71,88)(H2,72,89)(H2,73,90)(H2,74,91)(H2,75,92)(H,77,95)(H,78,93)(H,96,97)/b44-29?,56-38?,61-39-/t37-,40-,41-,42-,43+,47-,58-,59-,62-,63+,66-,67+,68+,69+/m1/s1. The van der Waals surface area contributed by atoms with Gasteiger partial charge in [0.05, 0.1) is 35.0 Å². The summed E-state index contributed by atoms with van der Waals surface area (Å²) in [6.07, 6.45) is -2.93. The number of carbonyl (C=O) groups is 8. The number of unbranched alkanes of at least 4 members (excludes halogenated alkanes) is 3. The Labute approximate surface area is 593 Å². The third-order valence-electron chi connectivity index (χ3n) is 22.3. The summed E-state index contributed by atoms with van der Waals surface area (Å²) in [6, 6.07) is 2.65. The van der Waals surface area contributed by atoms with E-state index in [1.165, 1.54) is 13.3 Å². The summed E-state index contributed by atoms with van der Waals surface area (Å²) < 4.78 is 38.8. The third-order valence-corrected chi connectivity index (χ3v) is 23.4. The summed E-state index contributed by atoms with van der Waals surface area (Å²) in [5.74, 6) is -7.36. The summed E-state index contributed by atoms with van der Waals surface area (Å²) in [5.41, 5.74) is 45.7. The van der Waals surface area contributed by atoms with Gasteiger partial charge in [0.15, 0.2) is 6.23 Å². The number of aliphatic imine (C=N–C) groups is 3. The molecule has 0 aliphatic carbocycles. The van der Waals surface area contributed by atoms with Crippen LogP contribution in [-0.4, -0.2) is 146 Å². The van der Waals surface area contributed by atoms with Crippen molar-refractivity contribution in [2.45, 2.75) is 215 Å². The summed E-state index contributed by atoms with van der Waals surface area (Å²) >= 11 is 0. The van der Waals surface area contributed by atoms with Gasteiger partial charge in [0, 0.05) is 149 Å². The Balaban J connectivity index is 1.13. The Bertz CT molecular complexity index is 3950. The van der Waals surface area contributed by atoms with E-state index in [4.69, 9.17) is 73.4 Å². The van der Waals surface area contributed by atoms with Crippen LogP contribution in [0.25, 0.3) is 21.5 Å². The zero-order valence-corrected chi connectivity index (χ0v) is 61.1. The molecule has 33 heteroatoms. The maximum atomic E-state index is 14.6. The van der Waals surface area contributed by atoms with Gasteiger partial charge in [0.1, 0.15) is 24.9 Å². The van der Waals surface area contributed by atoms with Crippen molar-refractivity contribution in [2.75, 3.05) is 26.2 Å². The minimum Gasteiger partial charge on any atom is -0.447 e. The lowest BCUT2D eigenvalue weighted by molar-refractivity contribution is -0.124. The Morgan fingerprint density at radius 2 is 1.43 bits per heavy atom. The second kappa shape index (κ2) is 31.7. The monoisotopic (exact) mass is 1440 g/mol. The van der Waals surface area contributed by atoms with Gasteiger partial charge in [-0.1, -0.05) is 52.6 Å². The van der Waals surface area contributed by atoms with Crippen molar-refractivity contribution >= 4 is 83.4 Å². The van der Waals surface area contributed by atoms with E-state index >= 15 is 0 Å². The van der Waals surface area contributed by atoms with Crippen molar-refractivity contribution < 1.29 is 71.4 Å². The number of alkyl carbamates (subject to hydrolysis) is 1. The van der Waals surface area contributed by atoms with Gasteiger partial charge < -0.3 is 74.4 Å². The summed E-state index contributed by atoms with van der Waals surface area (Å²) in [6.45, 7) is 19.9. The van der Waals surface area contributed by atoms with Crippen molar-refractivity contribution in [1.29, 1.82) is 0 Å². The Morgan fingerprint density at radius 1 is 0.804 bits per heavy atom. The molecule has 8 bridgehead atoms. The topological polar surface area (TPSA) is 527 Å². The first kappa shape index (κ1) is 79.3. The fourth-order valence-electron chi connectivity index (χ4n) is 16.5. The maximum absolute atomic E-state index is 14.6. The van der Waals surface area contributed by atoms with Crippen molar-refractivity contribution in [3.05, 3.63) is 74.3 Å². The number of nitrogens with one attached hydrogen (secondary N) is 3. The summed E-state index contributed by atoms with van der Waals surface area (Å²) in [4.78, 5) is 143. The molecule has 8 amide bonds. The number of carbonyl (C=O) groups excluding carboxylic acids is 8. The number of aromatic nitrogens is 2. The van der Waals surface area contributed by atoms with Crippen LogP contribution in [0.2, 0.25) is 0 Å². The van der Waals surface area contributed by atoms with Gasteiger partial charge in [-0.15, -0.1) is 0 Å². The smallest absolute Gasteiger partial charge is 0.447 e. The number of ether oxygens (including phenoxy) is 2. The number of azide groups is 1. The van der Waals surface area contributed by atoms with E-state index in [1.807, 2.05) is 87.4 Å². The average molecular weight is 1440 g/mol. The number of phosphoric ester groups is 1. The number of phosphoric acid groups is 1. The van der Waals surface area contributed by atoms with Crippen LogP contribution in [-0.2, 0) is 56.6 Å². The highest BCUT2D eigenvalue weighted by atomic mass is 31.2. The lowest BCUT2D eigenvalue weighted by Crippen LogP contribution is -2.56. The molecule has 2 saturated heterocycles. The average Bonchev–Trinajstić information content (AvgIpc) is 1.52. The van der Waals surface area contributed by atoms with E-state index in [9.17, 15) is 52.9 Å². The number of allylic oxidation sites excluding steroid dienone is 6. The number of imidazole rings is 1. The van der Waals surface area contributed by atoms with E-state index in [1.54, 1.807) is 4.57 Å². The number of primary amides is 6. The number of benzene rings is 1. The van der Waals surface area contributed by atoms with Crippen molar-refractivity contribution in [3.63, 3.8) is 0 Å². The quantitative estimate of drug-likeness (QED) is 0.0130. The zero-order chi connectivity index (χ0) is 75.4. The van der Waals surface area contributed by atoms with Gasteiger partial charge in [0.25, 0.3) is 0 Å². The van der Waals surface area contributed by atoms with Crippen molar-refractivity contribution in [3.8, 4) is 0 Å². The molecule has 2 aromatic rings. The number of aryl methyl sites for hydroxylation is 2. The molecule has 1 unspecified atom stereocenters. The number of rotatable bonds is 34. The first-order valence-electron chi connectivity index (χ1n) is 34.8. The molecular formula is C69H102N17O15P. The third kappa shape index (κ3) is 16.8. The van der Waals surface area contributed by atoms with Crippen LogP contribution >= 0.6 is 7.82 Å². The molecule has 2 fully saturated rings. The van der Waals surface area contributed by atoms with Gasteiger partial charge in [-0.25, -0.2) is 14.3 Å². The van der Waals surface area contributed by atoms with Crippen LogP contribution in [0.15, 0.2) is 72.9 Å². The number of aliphatic hydroxyl groups excluding tert-OH is 1. The molecule has 6 aliphatic rings. The molecule has 558 valence electrons. The van der Waals surface area contributed by atoms with Crippen LogP contribution in [0.3, 0.4) is 0 Å². The predicted molar refractivity (Wildman–Crippen MR) is 378 cm³/mol.